The molecule has 0 bridgehead atoms. The molecule has 0 saturated carbocycles. The minimum absolute atomic E-state index is 0.0189. The molecule has 0 aromatic heterocycles. The second kappa shape index (κ2) is 5.56. The SMILES string of the molecule is O=C(Cc1cccc(F)c1)N1CCc2ccc(O)cc2C1. The number of carbonyl (C=O) groups is 1. The van der Waals surface area contributed by atoms with E-state index in [9.17, 15) is 14.3 Å². The minimum Gasteiger partial charge on any atom is -0.508 e. The predicted molar refractivity (Wildman–Crippen MR) is 77.3 cm³/mol. The molecule has 0 spiro atoms. The number of phenols is 1. The van der Waals surface area contributed by atoms with Crippen molar-refractivity contribution in [2.45, 2.75) is 19.4 Å². The number of halogens is 1. The second-order valence-electron chi connectivity index (χ2n) is 5.33. The molecule has 4 heteroatoms. The standard InChI is InChI=1S/C17H16FNO2/c18-15-3-1-2-12(8-15)9-17(21)19-7-6-13-4-5-16(20)10-14(13)11-19/h1-5,8,10,20H,6-7,9,11H2. The molecule has 21 heavy (non-hydrogen) atoms. The third kappa shape index (κ3) is 3.05. The van der Waals surface area contributed by atoms with Gasteiger partial charge in [0, 0.05) is 13.1 Å². The highest BCUT2D eigenvalue weighted by molar-refractivity contribution is 5.79. The van der Waals surface area contributed by atoms with Gasteiger partial charge in [0.15, 0.2) is 0 Å². The molecule has 0 unspecified atom stereocenters. The van der Waals surface area contributed by atoms with E-state index < -0.39 is 0 Å². The van der Waals surface area contributed by atoms with Gasteiger partial charge in [0.1, 0.15) is 11.6 Å². The number of rotatable bonds is 2. The Morgan fingerprint density at radius 3 is 2.86 bits per heavy atom. The van der Waals surface area contributed by atoms with Gasteiger partial charge in [0.2, 0.25) is 5.91 Å². The Hall–Kier alpha value is -2.36. The fourth-order valence-electron chi connectivity index (χ4n) is 2.69. The average molecular weight is 285 g/mol. The van der Waals surface area contributed by atoms with E-state index in [-0.39, 0.29) is 23.9 Å². The van der Waals surface area contributed by atoms with Crippen molar-refractivity contribution < 1.29 is 14.3 Å². The quantitative estimate of drug-likeness (QED) is 0.921. The largest absolute Gasteiger partial charge is 0.508 e. The van der Waals surface area contributed by atoms with Gasteiger partial charge >= 0.3 is 0 Å². The van der Waals surface area contributed by atoms with E-state index in [0.29, 0.717) is 18.7 Å². The molecule has 0 radical (unpaired) electrons. The maximum absolute atomic E-state index is 13.1. The molecule has 2 aromatic carbocycles. The number of amides is 1. The summed E-state index contributed by atoms with van der Waals surface area (Å²) in [5.74, 6) is -0.128. The molecule has 1 aliphatic rings. The van der Waals surface area contributed by atoms with Crippen LogP contribution in [0.4, 0.5) is 4.39 Å². The van der Waals surface area contributed by atoms with Gasteiger partial charge in [-0.15, -0.1) is 0 Å². The lowest BCUT2D eigenvalue weighted by Gasteiger charge is -2.29. The number of hydrogen-bond acceptors (Lipinski definition) is 2. The minimum atomic E-state index is -0.325. The molecule has 1 heterocycles. The first-order valence-electron chi connectivity index (χ1n) is 6.95. The van der Waals surface area contributed by atoms with Gasteiger partial charge in [-0.3, -0.25) is 4.79 Å². The average Bonchev–Trinajstić information content (AvgIpc) is 2.46. The van der Waals surface area contributed by atoms with Crippen LogP contribution in [0.15, 0.2) is 42.5 Å². The summed E-state index contributed by atoms with van der Waals surface area (Å²) in [5.41, 5.74) is 2.83. The van der Waals surface area contributed by atoms with E-state index in [1.165, 1.54) is 17.7 Å². The first-order valence-corrected chi connectivity index (χ1v) is 6.95. The Morgan fingerprint density at radius 1 is 1.19 bits per heavy atom. The van der Waals surface area contributed by atoms with E-state index in [2.05, 4.69) is 0 Å². The summed E-state index contributed by atoms with van der Waals surface area (Å²) in [6.45, 7) is 1.16. The number of nitrogens with zero attached hydrogens (tertiary/aromatic N) is 1. The molecule has 0 aliphatic carbocycles. The first-order chi connectivity index (χ1) is 10.1. The van der Waals surface area contributed by atoms with Crippen molar-refractivity contribution in [2.24, 2.45) is 0 Å². The Morgan fingerprint density at radius 2 is 2.05 bits per heavy atom. The lowest BCUT2D eigenvalue weighted by molar-refractivity contribution is -0.131. The fourth-order valence-corrected chi connectivity index (χ4v) is 2.69. The number of fused-ring (bicyclic) bond motifs is 1. The zero-order chi connectivity index (χ0) is 14.8. The molecule has 1 aliphatic heterocycles. The van der Waals surface area contributed by atoms with Crippen LogP contribution < -0.4 is 0 Å². The summed E-state index contributed by atoms with van der Waals surface area (Å²) in [6, 6.07) is 11.4. The van der Waals surface area contributed by atoms with Crippen LogP contribution in [-0.2, 0) is 24.2 Å². The van der Waals surface area contributed by atoms with Crippen molar-refractivity contribution in [3.63, 3.8) is 0 Å². The van der Waals surface area contributed by atoms with Gasteiger partial charge < -0.3 is 10.0 Å². The van der Waals surface area contributed by atoms with Crippen LogP contribution in [0.2, 0.25) is 0 Å². The van der Waals surface area contributed by atoms with Crippen molar-refractivity contribution in [3.8, 4) is 5.75 Å². The van der Waals surface area contributed by atoms with Gasteiger partial charge in [-0.1, -0.05) is 18.2 Å². The fraction of sp³-hybridized carbons (Fsp3) is 0.235. The van der Waals surface area contributed by atoms with Crippen molar-refractivity contribution in [1.29, 1.82) is 0 Å². The van der Waals surface area contributed by atoms with Crippen LogP contribution >= 0.6 is 0 Å². The highest BCUT2D eigenvalue weighted by Crippen LogP contribution is 2.23. The normalized spacial score (nSPS) is 13.9. The van der Waals surface area contributed by atoms with E-state index >= 15 is 0 Å². The monoisotopic (exact) mass is 285 g/mol. The Labute approximate surface area is 122 Å². The number of hydrogen-bond donors (Lipinski definition) is 1. The van der Waals surface area contributed by atoms with Crippen molar-refractivity contribution in [3.05, 3.63) is 65.0 Å². The molecule has 108 valence electrons. The second-order valence-corrected chi connectivity index (χ2v) is 5.33. The highest BCUT2D eigenvalue weighted by Gasteiger charge is 2.21. The van der Waals surface area contributed by atoms with Crippen LogP contribution in [0.1, 0.15) is 16.7 Å². The van der Waals surface area contributed by atoms with Crippen molar-refractivity contribution in [1.82, 2.24) is 4.90 Å². The molecule has 0 saturated heterocycles. The van der Waals surface area contributed by atoms with E-state index in [0.717, 1.165) is 12.0 Å². The summed E-state index contributed by atoms with van der Waals surface area (Å²) in [4.78, 5) is 14.1. The van der Waals surface area contributed by atoms with E-state index in [1.807, 2.05) is 6.07 Å². The summed E-state index contributed by atoms with van der Waals surface area (Å²) < 4.78 is 13.1. The molecule has 3 rings (SSSR count). The Kier molecular flexibility index (Phi) is 3.60. The van der Waals surface area contributed by atoms with Crippen molar-refractivity contribution in [2.75, 3.05) is 6.54 Å². The van der Waals surface area contributed by atoms with Gasteiger partial charge in [-0.25, -0.2) is 4.39 Å². The third-order valence-electron chi connectivity index (χ3n) is 3.80. The smallest absolute Gasteiger partial charge is 0.227 e. The molecule has 1 amide bonds. The summed E-state index contributed by atoms with van der Waals surface area (Å²) in [6.07, 6.45) is 0.983. The molecule has 0 atom stereocenters. The van der Waals surface area contributed by atoms with E-state index in [1.54, 1.807) is 29.2 Å². The number of aromatic hydroxyl groups is 1. The van der Waals surface area contributed by atoms with Crippen LogP contribution in [0.3, 0.4) is 0 Å². The number of carbonyl (C=O) groups excluding carboxylic acids is 1. The number of phenolic OH excluding ortho intramolecular Hbond substituents is 1. The highest BCUT2D eigenvalue weighted by atomic mass is 19.1. The van der Waals surface area contributed by atoms with Gasteiger partial charge in [0.05, 0.1) is 6.42 Å². The van der Waals surface area contributed by atoms with Crippen molar-refractivity contribution >= 4 is 5.91 Å². The third-order valence-corrected chi connectivity index (χ3v) is 3.80. The maximum Gasteiger partial charge on any atom is 0.227 e. The summed E-state index contributed by atoms with van der Waals surface area (Å²) in [5, 5.41) is 9.53. The summed E-state index contributed by atoms with van der Waals surface area (Å²) >= 11 is 0. The zero-order valence-electron chi connectivity index (χ0n) is 11.6. The summed E-state index contributed by atoms with van der Waals surface area (Å²) in [7, 11) is 0. The van der Waals surface area contributed by atoms with Gasteiger partial charge in [-0.05, 0) is 47.4 Å². The lowest BCUT2D eigenvalue weighted by Crippen LogP contribution is -2.36. The molecule has 2 aromatic rings. The lowest BCUT2D eigenvalue weighted by atomic mass is 9.99. The first kappa shape index (κ1) is 13.6. The van der Waals surface area contributed by atoms with Crippen LogP contribution in [0.5, 0.6) is 5.75 Å². The van der Waals surface area contributed by atoms with E-state index in [4.69, 9.17) is 0 Å². The molecular formula is C17H16FNO2. The topological polar surface area (TPSA) is 40.5 Å². The number of benzene rings is 2. The Balaban J connectivity index is 1.72. The van der Waals surface area contributed by atoms with Crippen LogP contribution in [0, 0.1) is 5.82 Å². The molecule has 0 fully saturated rings. The maximum atomic E-state index is 13.1. The van der Waals surface area contributed by atoms with Crippen LogP contribution in [0.25, 0.3) is 0 Å². The van der Waals surface area contributed by atoms with Gasteiger partial charge in [-0.2, -0.15) is 0 Å². The molecule has 1 N–H and O–H groups in total. The predicted octanol–water partition coefficient (Wildman–Crippen LogP) is 2.66. The van der Waals surface area contributed by atoms with Gasteiger partial charge in [0.25, 0.3) is 0 Å². The Bertz CT molecular complexity index is 684. The molecule has 3 nitrogen and oxygen atoms in total. The molecular weight excluding hydrogens is 269 g/mol. The zero-order valence-corrected chi connectivity index (χ0v) is 11.6. The van der Waals surface area contributed by atoms with Crippen LogP contribution in [-0.4, -0.2) is 22.5 Å².